The highest BCUT2D eigenvalue weighted by atomic mass is 16.3. The van der Waals surface area contributed by atoms with Crippen molar-refractivity contribution in [1.29, 1.82) is 0 Å². The highest BCUT2D eigenvalue weighted by Crippen LogP contribution is 2.28. The smallest absolute Gasteiger partial charge is 0.211 e. The van der Waals surface area contributed by atoms with Crippen LogP contribution in [0.15, 0.2) is 30.6 Å². The van der Waals surface area contributed by atoms with Crippen LogP contribution in [-0.4, -0.2) is 16.5 Å². The Bertz CT molecular complexity index is 514. The minimum Gasteiger partial charge on any atom is -0.506 e. The summed E-state index contributed by atoms with van der Waals surface area (Å²) in [5.74, 6) is 0.205. The van der Waals surface area contributed by atoms with Gasteiger partial charge in [-0.2, -0.15) is 0 Å². The van der Waals surface area contributed by atoms with Gasteiger partial charge in [0.2, 0.25) is 6.41 Å². The number of rotatable bonds is 3. The molecule has 0 aliphatic rings. The van der Waals surface area contributed by atoms with Crippen LogP contribution in [0.5, 0.6) is 5.75 Å². The van der Waals surface area contributed by atoms with Crippen LogP contribution in [-0.2, 0) is 4.79 Å². The highest BCUT2D eigenvalue weighted by Gasteiger charge is 2.04. The van der Waals surface area contributed by atoms with Crippen LogP contribution in [0.1, 0.15) is 5.56 Å². The molecule has 1 amide bonds. The Labute approximate surface area is 86.2 Å². The van der Waals surface area contributed by atoms with Crippen molar-refractivity contribution in [1.82, 2.24) is 10.3 Å². The Morgan fingerprint density at radius 1 is 1.40 bits per heavy atom. The number of carbonyl (C=O) groups is 1. The van der Waals surface area contributed by atoms with Gasteiger partial charge in [-0.1, -0.05) is 12.1 Å². The summed E-state index contributed by atoms with van der Waals surface area (Å²) in [5.41, 5.74) is 1.71. The van der Waals surface area contributed by atoms with Gasteiger partial charge < -0.3 is 15.4 Å². The first-order chi connectivity index (χ1) is 7.33. The second kappa shape index (κ2) is 3.88. The van der Waals surface area contributed by atoms with E-state index in [9.17, 15) is 9.90 Å². The standard InChI is InChI=1S/C11H10N2O2/c14-7-12-5-4-8-2-1-3-9-11(8)10(15)6-13-9/h1-7,13,15H,(H,12,14). The van der Waals surface area contributed by atoms with Crippen molar-refractivity contribution in [3.63, 3.8) is 0 Å². The molecule has 0 saturated heterocycles. The fourth-order valence-corrected chi connectivity index (χ4v) is 1.51. The fourth-order valence-electron chi connectivity index (χ4n) is 1.51. The third-order valence-corrected chi connectivity index (χ3v) is 2.14. The van der Waals surface area contributed by atoms with E-state index < -0.39 is 0 Å². The lowest BCUT2D eigenvalue weighted by Gasteiger charge is -1.97. The molecule has 1 heterocycles. The van der Waals surface area contributed by atoms with E-state index in [0.29, 0.717) is 6.41 Å². The second-order valence-corrected chi connectivity index (χ2v) is 3.06. The molecule has 1 aromatic carbocycles. The predicted molar refractivity (Wildman–Crippen MR) is 58.2 cm³/mol. The van der Waals surface area contributed by atoms with E-state index in [0.717, 1.165) is 16.5 Å². The number of amides is 1. The summed E-state index contributed by atoms with van der Waals surface area (Å²) in [6, 6.07) is 5.61. The van der Waals surface area contributed by atoms with Gasteiger partial charge in [0.1, 0.15) is 5.75 Å². The third-order valence-electron chi connectivity index (χ3n) is 2.14. The van der Waals surface area contributed by atoms with Crippen LogP contribution in [0.2, 0.25) is 0 Å². The molecule has 4 heteroatoms. The van der Waals surface area contributed by atoms with Crippen molar-refractivity contribution in [2.45, 2.75) is 0 Å². The average molecular weight is 202 g/mol. The van der Waals surface area contributed by atoms with Crippen molar-refractivity contribution in [2.75, 3.05) is 0 Å². The Morgan fingerprint density at radius 2 is 2.27 bits per heavy atom. The molecule has 3 N–H and O–H groups in total. The van der Waals surface area contributed by atoms with Crippen LogP contribution in [0.25, 0.3) is 17.0 Å². The quantitative estimate of drug-likeness (QED) is 0.662. The van der Waals surface area contributed by atoms with Gasteiger partial charge >= 0.3 is 0 Å². The van der Waals surface area contributed by atoms with Crippen LogP contribution < -0.4 is 5.32 Å². The Morgan fingerprint density at radius 3 is 3.07 bits per heavy atom. The zero-order valence-electron chi connectivity index (χ0n) is 7.90. The Hall–Kier alpha value is -2.23. The molecule has 15 heavy (non-hydrogen) atoms. The lowest BCUT2D eigenvalue weighted by molar-refractivity contribution is -0.108. The van der Waals surface area contributed by atoms with Crippen LogP contribution in [0.3, 0.4) is 0 Å². The molecule has 0 aliphatic heterocycles. The monoisotopic (exact) mass is 202 g/mol. The van der Waals surface area contributed by atoms with Gasteiger partial charge in [-0.05, 0) is 17.7 Å². The molecule has 0 radical (unpaired) electrons. The number of hydrogen-bond acceptors (Lipinski definition) is 2. The van der Waals surface area contributed by atoms with Gasteiger partial charge in [0.25, 0.3) is 0 Å². The zero-order valence-corrected chi connectivity index (χ0v) is 7.90. The van der Waals surface area contributed by atoms with Crippen molar-refractivity contribution in [3.8, 4) is 5.75 Å². The molecule has 76 valence electrons. The van der Waals surface area contributed by atoms with E-state index in [-0.39, 0.29) is 5.75 Å². The van der Waals surface area contributed by atoms with Gasteiger partial charge in [0.05, 0.1) is 0 Å². The molecule has 1 aromatic heterocycles. The molecule has 0 unspecified atom stereocenters. The largest absolute Gasteiger partial charge is 0.506 e. The number of aromatic nitrogens is 1. The minimum absolute atomic E-state index is 0.205. The molecule has 0 aliphatic carbocycles. The zero-order chi connectivity index (χ0) is 10.7. The number of hydrogen-bond donors (Lipinski definition) is 3. The van der Waals surface area contributed by atoms with Crippen LogP contribution in [0, 0.1) is 0 Å². The van der Waals surface area contributed by atoms with Crippen LogP contribution in [0.4, 0.5) is 0 Å². The molecule has 0 fully saturated rings. The molecule has 0 atom stereocenters. The van der Waals surface area contributed by atoms with Gasteiger partial charge in [0, 0.05) is 23.3 Å². The summed E-state index contributed by atoms with van der Waals surface area (Å²) in [4.78, 5) is 13.0. The number of aromatic hydroxyl groups is 1. The highest BCUT2D eigenvalue weighted by molar-refractivity contribution is 5.93. The van der Waals surface area contributed by atoms with Gasteiger partial charge in [0.15, 0.2) is 0 Å². The van der Waals surface area contributed by atoms with E-state index in [4.69, 9.17) is 0 Å². The summed E-state index contributed by atoms with van der Waals surface area (Å²) >= 11 is 0. The summed E-state index contributed by atoms with van der Waals surface area (Å²) in [5, 5.41) is 12.8. The van der Waals surface area contributed by atoms with Gasteiger partial charge in [-0.15, -0.1) is 0 Å². The molecular formula is C11H10N2O2. The van der Waals surface area contributed by atoms with Gasteiger partial charge in [-0.25, -0.2) is 0 Å². The van der Waals surface area contributed by atoms with E-state index in [1.54, 1.807) is 6.08 Å². The van der Waals surface area contributed by atoms with Gasteiger partial charge in [-0.3, -0.25) is 4.79 Å². The summed E-state index contributed by atoms with van der Waals surface area (Å²) < 4.78 is 0. The number of benzene rings is 1. The van der Waals surface area contributed by atoms with Crippen LogP contribution >= 0.6 is 0 Å². The summed E-state index contributed by atoms with van der Waals surface area (Å²) in [6.07, 6.45) is 5.38. The number of carbonyl (C=O) groups excluding carboxylic acids is 1. The second-order valence-electron chi connectivity index (χ2n) is 3.06. The third kappa shape index (κ3) is 1.69. The first kappa shape index (κ1) is 9.33. The Balaban J connectivity index is 2.50. The molecule has 0 saturated carbocycles. The molecule has 2 rings (SSSR count). The first-order valence-corrected chi connectivity index (χ1v) is 4.48. The predicted octanol–water partition coefficient (Wildman–Crippen LogP) is 1.59. The molecule has 0 spiro atoms. The van der Waals surface area contributed by atoms with Crippen molar-refractivity contribution in [3.05, 3.63) is 36.2 Å². The lowest BCUT2D eigenvalue weighted by Crippen LogP contribution is -1.97. The van der Waals surface area contributed by atoms with E-state index in [1.807, 2.05) is 18.2 Å². The first-order valence-electron chi connectivity index (χ1n) is 4.48. The summed E-state index contributed by atoms with van der Waals surface area (Å²) in [6.45, 7) is 0. The van der Waals surface area contributed by atoms with E-state index >= 15 is 0 Å². The Kier molecular flexibility index (Phi) is 2.41. The molecular weight excluding hydrogens is 192 g/mol. The van der Waals surface area contributed by atoms with Crippen molar-refractivity contribution in [2.24, 2.45) is 0 Å². The SMILES string of the molecule is O=CNC=Cc1cccc2[nH]cc(O)c12. The van der Waals surface area contributed by atoms with E-state index in [2.05, 4.69) is 10.3 Å². The normalized spacial score (nSPS) is 10.9. The average Bonchev–Trinajstić information content (AvgIpc) is 2.62. The minimum atomic E-state index is 0.205. The fraction of sp³-hybridized carbons (Fsp3) is 0. The topological polar surface area (TPSA) is 65.1 Å². The number of H-pyrrole nitrogens is 1. The number of fused-ring (bicyclic) bond motifs is 1. The van der Waals surface area contributed by atoms with E-state index in [1.165, 1.54) is 12.4 Å². The van der Waals surface area contributed by atoms with Crippen molar-refractivity contribution >= 4 is 23.4 Å². The maximum Gasteiger partial charge on any atom is 0.211 e. The van der Waals surface area contributed by atoms with Crippen molar-refractivity contribution < 1.29 is 9.90 Å². The lowest BCUT2D eigenvalue weighted by atomic mass is 10.1. The molecule has 2 aromatic rings. The number of nitrogens with one attached hydrogen (secondary N) is 2. The maximum absolute atomic E-state index is 10.1. The molecule has 4 nitrogen and oxygen atoms in total. The maximum atomic E-state index is 10.1. The number of aromatic amines is 1. The summed E-state index contributed by atoms with van der Waals surface area (Å²) in [7, 11) is 0. The molecule has 0 bridgehead atoms.